The average molecular weight is 282 g/mol. The van der Waals surface area contributed by atoms with Gasteiger partial charge in [-0.1, -0.05) is 6.92 Å². The second-order valence-electron chi connectivity index (χ2n) is 3.54. The first kappa shape index (κ1) is 9.18. The van der Waals surface area contributed by atoms with E-state index < -0.39 is 0 Å². The summed E-state index contributed by atoms with van der Waals surface area (Å²) in [5, 5.41) is 0. The van der Waals surface area contributed by atoms with Gasteiger partial charge < -0.3 is 9.64 Å². The molecule has 4 heteroatoms. The van der Waals surface area contributed by atoms with Crippen molar-refractivity contribution in [2.24, 2.45) is 0 Å². The molecule has 0 aromatic carbocycles. The Balaban J connectivity index is 2.02. The van der Waals surface area contributed by atoms with Crippen LogP contribution in [0.15, 0.2) is 0 Å². The van der Waals surface area contributed by atoms with Gasteiger partial charge in [0.25, 0.3) is 0 Å². The molecular weight excluding hydrogens is 267 g/mol. The Hall–Kier alpha value is 0.610. The van der Waals surface area contributed by atoms with Gasteiger partial charge in [0.2, 0.25) is 0 Å². The number of halogens is 1. The minimum absolute atomic E-state index is 0.623. The van der Waals surface area contributed by atoms with E-state index in [2.05, 4.69) is 37.8 Å². The Kier molecular flexibility index (Phi) is 2.89. The fraction of sp³-hybridized carbons (Fsp3) is 1.00. The maximum atomic E-state index is 5.53. The summed E-state index contributed by atoms with van der Waals surface area (Å²) in [5.41, 5.74) is 0. The van der Waals surface area contributed by atoms with E-state index >= 15 is 0 Å². The predicted octanol–water partition coefficient (Wildman–Crippen LogP) is 0.741. The van der Waals surface area contributed by atoms with Crippen molar-refractivity contribution in [2.45, 2.75) is 19.0 Å². The van der Waals surface area contributed by atoms with E-state index in [4.69, 9.17) is 4.74 Å². The van der Waals surface area contributed by atoms with Gasteiger partial charge in [0.1, 0.15) is 0 Å². The molecule has 0 aromatic heterocycles. The fourth-order valence-electron chi connectivity index (χ4n) is 1.97. The fourth-order valence-corrected chi connectivity index (χ4v) is 2.64. The summed E-state index contributed by atoms with van der Waals surface area (Å²) in [7, 11) is 0. The highest BCUT2D eigenvalue weighted by molar-refractivity contribution is 14.1. The first-order valence-electron chi connectivity index (χ1n) is 4.55. The highest BCUT2D eigenvalue weighted by atomic mass is 127. The van der Waals surface area contributed by atoms with Gasteiger partial charge in [-0.2, -0.15) is 0 Å². The molecule has 0 amide bonds. The van der Waals surface area contributed by atoms with Crippen molar-refractivity contribution >= 4 is 22.9 Å². The zero-order chi connectivity index (χ0) is 8.55. The molecule has 2 bridgehead atoms. The molecule has 0 aliphatic carbocycles. The smallest absolute Gasteiger partial charge is 0.0643 e. The van der Waals surface area contributed by atoms with E-state index in [1.54, 1.807) is 0 Å². The van der Waals surface area contributed by atoms with Crippen LogP contribution in [-0.2, 0) is 4.74 Å². The molecule has 0 N–H and O–H groups in total. The minimum atomic E-state index is 0.623. The summed E-state index contributed by atoms with van der Waals surface area (Å²) in [5.74, 6) is 0. The number of ether oxygens (including phenoxy) is 1. The average Bonchev–Trinajstić information content (AvgIpc) is 2.04. The van der Waals surface area contributed by atoms with E-state index in [9.17, 15) is 0 Å². The molecule has 0 radical (unpaired) electrons. The zero-order valence-corrected chi connectivity index (χ0v) is 9.53. The first-order valence-corrected chi connectivity index (χ1v) is 5.52. The molecule has 2 aliphatic rings. The SMILES string of the molecule is CCN1CC2COCC(C1)N2I. The Morgan fingerprint density at radius 3 is 2.42 bits per heavy atom. The Morgan fingerprint density at radius 2 is 1.92 bits per heavy atom. The van der Waals surface area contributed by atoms with E-state index in [-0.39, 0.29) is 0 Å². The molecular formula is C8H15IN2O. The molecule has 2 saturated heterocycles. The summed E-state index contributed by atoms with van der Waals surface area (Å²) in [6.45, 7) is 7.59. The zero-order valence-electron chi connectivity index (χ0n) is 7.37. The predicted molar refractivity (Wildman–Crippen MR) is 56.4 cm³/mol. The van der Waals surface area contributed by atoms with Crippen LogP contribution in [0.4, 0.5) is 0 Å². The second-order valence-corrected chi connectivity index (χ2v) is 4.66. The molecule has 0 aromatic rings. The maximum absolute atomic E-state index is 5.53. The standard InChI is InChI=1S/C8H15IN2O/c1-2-10-3-7-5-12-6-8(4-10)11(7)9/h7-8H,2-6H2,1H3. The molecule has 3 nitrogen and oxygen atoms in total. The van der Waals surface area contributed by atoms with Crippen molar-refractivity contribution in [3.8, 4) is 0 Å². The number of nitrogens with zero attached hydrogens (tertiary/aromatic N) is 2. The summed E-state index contributed by atoms with van der Waals surface area (Å²) in [6.07, 6.45) is 0. The lowest BCUT2D eigenvalue weighted by molar-refractivity contribution is -0.0432. The molecule has 2 atom stereocenters. The van der Waals surface area contributed by atoms with Gasteiger partial charge in [-0.05, 0) is 6.54 Å². The van der Waals surface area contributed by atoms with Crippen molar-refractivity contribution in [3.63, 3.8) is 0 Å². The van der Waals surface area contributed by atoms with E-state index in [0.717, 1.165) is 13.2 Å². The third-order valence-corrected chi connectivity index (χ3v) is 4.28. The summed E-state index contributed by atoms with van der Waals surface area (Å²) in [6, 6.07) is 1.25. The topological polar surface area (TPSA) is 15.7 Å². The largest absolute Gasteiger partial charge is 0.378 e. The molecule has 2 fully saturated rings. The molecule has 0 saturated carbocycles. The summed E-state index contributed by atoms with van der Waals surface area (Å²) >= 11 is 2.45. The summed E-state index contributed by atoms with van der Waals surface area (Å²) < 4.78 is 7.98. The minimum Gasteiger partial charge on any atom is -0.378 e. The van der Waals surface area contributed by atoms with Gasteiger partial charge in [-0.3, -0.25) is 0 Å². The molecule has 2 heterocycles. The third kappa shape index (κ3) is 1.62. The number of morpholine rings is 1. The van der Waals surface area contributed by atoms with E-state index in [1.165, 1.54) is 19.6 Å². The Bertz CT molecular complexity index is 153. The van der Waals surface area contributed by atoms with Crippen molar-refractivity contribution in [2.75, 3.05) is 32.8 Å². The maximum Gasteiger partial charge on any atom is 0.0643 e. The van der Waals surface area contributed by atoms with Gasteiger partial charge in [0.05, 0.1) is 25.3 Å². The monoisotopic (exact) mass is 282 g/mol. The van der Waals surface area contributed by atoms with Crippen molar-refractivity contribution in [3.05, 3.63) is 0 Å². The van der Waals surface area contributed by atoms with Crippen LogP contribution in [-0.4, -0.2) is 52.9 Å². The molecule has 2 rings (SSSR count). The Labute approximate surface area is 87.5 Å². The number of rotatable bonds is 1. The van der Waals surface area contributed by atoms with Crippen LogP contribution < -0.4 is 0 Å². The van der Waals surface area contributed by atoms with Crippen molar-refractivity contribution in [1.82, 2.24) is 8.01 Å². The second kappa shape index (κ2) is 3.77. The van der Waals surface area contributed by atoms with Crippen LogP contribution in [0.25, 0.3) is 0 Å². The number of hydrogen-bond acceptors (Lipinski definition) is 3. The molecule has 12 heavy (non-hydrogen) atoms. The number of fused-ring (bicyclic) bond motifs is 2. The lowest BCUT2D eigenvalue weighted by atomic mass is 10.1. The van der Waals surface area contributed by atoms with Crippen molar-refractivity contribution in [1.29, 1.82) is 0 Å². The van der Waals surface area contributed by atoms with Crippen molar-refractivity contribution < 1.29 is 4.74 Å². The van der Waals surface area contributed by atoms with Crippen LogP contribution in [0, 0.1) is 0 Å². The normalized spacial score (nSPS) is 38.5. The Morgan fingerprint density at radius 1 is 1.33 bits per heavy atom. The van der Waals surface area contributed by atoms with Crippen LogP contribution in [0.3, 0.4) is 0 Å². The van der Waals surface area contributed by atoms with Gasteiger partial charge in [0.15, 0.2) is 0 Å². The quantitative estimate of drug-likeness (QED) is 0.521. The lowest BCUT2D eigenvalue weighted by Gasteiger charge is -2.46. The van der Waals surface area contributed by atoms with Crippen LogP contribution in [0.1, 0.15) is 6.92 Å². The van der Waals surface area contributed by atoms with Crippen LogP contribution in [0.5, 0.6) is 0 Å². The van der Waals surface area contributed by atoms with E-state index in [1.807, 2.05) is 0 Å². The highest BCUT2D eigenvalue weighted by Gasteiger charge is 2.36. The lowest BCUT2D eigenvalue weighted by Crippen LogP contribution is -2.60. The number of hydrogen-bond donors (Lipinski definition) is 0. The van der Waals surface area contributed by atoms with Gasteiger partial charge in [-0.25, -0.2) is 3.11 Å². The van der Waals surface area contributed by atoms with Crippen LogP contribution >= 0.6 is 22.9 Å². The highest BCUT2D eigenvalue weighted by Crippen LogP contribution is 2.24. The molecule has 2 aliphatic heterocycles. The van der Waals surface area contributed by atoms with Crippen LogP contribution in [0.2, 0.25) is 0 Å². The third-order valence-electron chi connectivity index (χ3n) is 2.70. The number of likely N-dealkylation sites (N-methyl/N-ethyl adjacent to an activating group) is 1. The summed E-state index contributed by atoms with van der Waals surface area (Å²) in [4.78, 5) is 2.52. The number of piperazine rings is 1. The first-order chi connectivity index (χ1) is 5.81. The van der Waals surface area contributed by atoms with Gasteiger partial charge >= 0.3 is 0 Å². The molecule has 0 spiro atoms. The molecule has 70 valence electrons. The molecule has 2 unspecified atom stereocenters. The van der Waals surface area contributed by atoms with Gasteiger partial charge in [0, 0.05) is 36.0 Å². The van der Waals surface area contributed by atoms with E-state index in [0.29, 0.717) is 12.1 Å². The van der Waals surface area contributed by atoms with Gasteiger partial charge in [-0.15, -0.1) is 0 Å².